The average molecular weight is 255 g/mol. The minimum atomic E-state index is -4.37. The van der Waals surface area contributed by atoms with E-state index in [0.717, 1.165) is 12.5 Å². The van der Waals surface area contributed by atoms with Crippen LogP contribution in [0.15, 0.2) is 28.9 Å². The molecule has 0 saturated carbocycles. The maximum absolute atomic E-state index is 12.5. The Bertz CT molecular complexity index is 559. The van der Waals surface area contributed by atoms with E-state index in [1.54, 1.807) is 0 Å². The lowest BCUT2D eigenvalue weighted by Gasteiger charge is -2.10. The van der Waals surface area contributed by atoms with E-state index in [-0.39, 0.29) is 11.3 Å². The second-order valence-corrected chi connectivity index (χ2v) is 3.74. The lowest BCUT2D eigenvalue weighted by molar-refractivity contribution is -0.138. The summed E-state index contributed by atoms with van der Waals surface area (Å²) < 4.78 is 42.1. The molecule has 94 valence electrons. The van der Waals surface area contributed by atoms with E-state index in [0.29, 0.717) is 5.56 Å². The van der Waals surface area contributed by atoms with Gasteiger partial charge in [-0.1, -0.05) is 12.1 Å². The van der Waals surface area contributed by atoms with Gasteiger partial charge in [-0.15, -0.1) is 0 Å². The van der Waals surface area contributed by atoms with Crippen molar-refractivity contribution in [1.82, 2.24) is 0 Å². The Hall–Kier alpha value is -2.11. The summed E-state index contributed by atoms with van der Waals surface area (Å²) in [6.45, 7) is 1.36. The third-order valence-corrected chi connectivity index (χ3v) is 2.42. The monoisotopic (exact) mass is 255 g/mol. The molecule has 0 radical (unpaired) electrons. The smallest absolute Gasteiger partial charge is 0.410 e. The van der Waals surface area contributed by atoms with Crippen LogP contribution in [-0.2, 0) is 15.7 Å². The number of benzene rings is 1. The first-order valence-corrected chi connectivity index (χ1v) is 5.01. The van der Waals surface area contributed by atoms with Crippen molar-refractivity contribution in [3.8, 4) is 0 Å². The lowest BCUT2D eigenvalue weighted by atomic mass is 10.0. The summed E-state index contributed by atoms with van der Waals surface area (Å²) in [5, 5.41) is 0. The van der Waals surface area contributed by atoms with E-state index in [9.17, 15) is 18.0 Å². The number of rotatable bonds is 1. The summed E-state index contributed by atoms with van der Waals surface area (Å²) in [6, 6.07) is 3.60. The van der Waals surface area contributed by atoms with Crippen molar-refractivity contribution >= 4 is 18.4 Å². The second-order valence-electron chi connectivity index (χ2n) is 3.74. The minimum absolute atomic E-state index is 0.0640. The van der Waals surface area contributed by atoms with Crippen molar-refractivity contribution < 1.29 is 22.7 Å². The first-order valence-electron chi connectivity index (χ1n) is 5.01. The molecule has 1 aliphatic heterocycles. The summed E-state index contributed by atoms with van der Waals surface area (Å²) >= 11 is 0. The fraction of sp³-hybridized carbons (Fsp3) is 0.167. The number of aryl methyl sites for hydroxylation is 1. The van der Waals surface area contributed by atoms with Gasteiger partial charge in [-0.2, -0.15) is 13.2 Å². The molecule has 0 fully saturated rings. The molecule has 0 saturated heterocycles. The molecule has 0 bridgehead atoms. The molecule has 1 aliphatic rings. The molecule has 18 heavy (non-hydrogen) atoms. The van der Waals surface area contributed by atoms with Gasteiger partial charge in [-0.25, -0.2) is 9.79 Å². The molecule has 0 amide bonds. The third kappa shape index (κ3) is 2.42. The van der Waals surface area contributed by atoms with Gasteiger partial charge in [0.15, 0.2) is 12.1 Å². The summed E-state index contributed by atoms with van der Waals surface area (Å²) in [4.78, 5) is 14.7. The number of ether oxygens (including phenoxy) is 1. The van der Waals surface area contributed by atoms with Crippen LogP contribution in [0.4, 0.5) is 13.2 Å². The van der Waals surface area contributed by atoms with Crippen molar-refractivity contribution in [2.75, 3.05) is 0 Å². The highest BCUT2D eigenvalue weighted by Gasteiger charge is 2.32. The largest absolute Gasteiger partial charge is 0.416 e. The predicted octanol–water partition coefficient (Wildman–Crippen LogP) is 2.94. The number of carbonyl (C=O) groups is 1. The molecule has 0 aromatic heterocycles. The van der Waals surface area contributed by atoms with Gasteiger partial charge in [0.2, 0.25) is 0 Å². The number of cyclic esters (lactones) is 1. The Balaban J connectivity index is 2.36. The molecule has 1 aromatic carbocycles. The highest BCUT2D eigenvalue weighted by Crippen LogP contribution is 2.32. The minimum Gasteiger partial charge on any atom is -0.410 e. The van der Waals surface area contributed by atoms with Gasteiger partial charge in [-0.05, 0) is 30.2 Å². The fourth-order valence-electron chi connectivity index (χ4n) is 1.59. The van der Waals surface area contributed by atoms with Crippen molar-refractivity contribution in [2.24, 2.45) is 4.99 Å². The molecule has 1 aromatic rings. The van der Waals surface area contributed by atoms with E-state index in [2.05, 4.69) is 9.73 Å². The van der Waals surface area contributed by atoms with E-state index in [4.69, 9.17) is 0 Å². The highest BCUT2D eigenvalue weighted by atomic mass is 19.4. The molecule has 6 heteroatoms. The summed E-state index contributed by atoms with van der Waals surface area (Å²) in [6.07, 6.45) is -2.01. The second kappa shape index (κ2) is 4.29. The summed E-state index contributed by atoms with van der Waals surface area (Å²) in [7, 11) is 0. The highest BCUT2D eigenvalue weighted by molar-refractivity contribution is 6.01. The Morgan fingerprint density at radius 1 is 1.33 bits per heavy atom. The zero-order chi connectivity index (χ0) is 13.3. The van der Waals surface area contributed by atoms with E-state index in [1.165, 1.54) is 25.1 Å². The van der Waals surface area contributed by atoms with Crippen molar-refractivity contribution in [2.45, 2.75) is 13.1 Å². The van der Waals surface area contributed by atoms with Gasteiger partial charge in [0.1, 0.15) is 0 Å². The molecule has 1 heterocycles. The van der Waals surface area contributed by atoms with E-state index >= 15 is 0 Å². The Kier molecular flexibility index (Phi) is 2.94. The zero-order valence-corrected chi connectivity index (χ0v) is 9.28. The molecule has 0 aliphatic carbocycles. The number of aliphatic imine (C=N–C) groups is 1. The molecule has 0 unspecified atom stereocenters. The summed E-state index contributed by atoms with van der Waals surface area (Å²) in [5.74, 6) is -0.618. The molecule has 0 N–H and O–H groups in total. The van der Waals surface area contributed by atoms with Crippen LogP contribution in [-0.4, -0.2) is 12.4 Å². The van der Waals surface area contributed by atoms with Gasteiger partial charge < -0.3 is 4.74 Å². The van der Waals surface area contributed by atoms with Crippen LogP contribution in [0.5, 0.6) is 0 Å². The Morgan fingerprint density at radius 2 is 2.06 bits per heavy atom. The first kappa shape index (κ1) is 12.3. The van der Waals surface area contributed by atoms with Crippen LogP contribution in [0.2, 0.25) is 0 Å². The molecular weight excluding hydrogens is 247 g/mol. The summed E-state index contributed by atoms with van der Waals surface area (Å²) in [5.41, 5.74) is -0.0741. The zero-order valence-electron chi connectivity index (χ0n) is 9.28. The Labute approximate surface area is 101 Å². The number of esters is 1. The third-order valence-electron chi connectivity index (χ3n) is 2.42. The van der Waals surface area contributed by atoms with Crippen LogP contribution < -0.4 is 0 Å². The average Bonchev–Trinajstić information content (AvgIpc) is 2.62. The maximum atomic E-state index is 12.5. The SMILES string of the molecule is Cc1cc(/C=C2/N=COC2=O)ccc1C(F)(F)F. The van der Waals surface area contributed by atoms with Gasteiger partial charge in [0, 0.05) is 0 Å². The standard InChI is InChI=1S/C12H8F3NO2/c1-7-4-8(2-3-9(7)12(13,14)15)5-10-11(17)18-6-16-10/h2-6H,1H3/b10-5+. The van der Waals surface area contributed by atoms with E-state index in [1.807, 2.05) is 0 Å². The molecule has 3 nitrogen and oxygen atoms in total. The van der Waals surface area contributed by atoms with Crippen LogP contribution in [0.1, 0.15) is 16.7 Å². The lowest BCUT2D eigenvalue weighted by Crippen LogP contribution is -2.07. The fourth-order valence-corrected chi connectivity index (χ4v) is 1.59. The number of alkyl halides is 3. The van der Waals surface area contributed by atoms with Crippen LogP contribution in [0, 0.1) is 6.92 Å². The number of nitrogens with zero attached hydrogens (tertiary/aromatic N) is 1. The van der Waals surface area contributed by atoms with Crippen molar-refractivity contribution in [1.29, 1.82) is 0 Å². The van der Waals surface area contributed by atoms with Crippen molar-refractivity contribution in [3.63, 3.8) is 0 Å². The van der Waals surface area contributed by atoms with Crippen LogP contribution >= 0.6 is 0 Å². The van der Waals surface area contributed by atoms with Crippen LogP contribution in [0.25, 0.3) is 6.08 Å². The molecule has 0 spiro atoms. The number of hydrogen-bond donors (Lipinski definition) is 0. The number of carbonyl (C=O) groups excluding carboxylic acids is 1. The Morgan fingerprint density at radius 3 is 2.56 bits per heavy atom. The molecular formula is C12H8F3NO2. The number of hydrogen-bond acceptors (Lipinski definition) is 3. The molecule has 2 rings (SSSR count). The van der Waals surface area contributed by atoms with Gasteiger partial charge >= 0.3 is 12.1 Å². The topological polar surface area (TPSA) is 38.7 Å². The van der Waals surface area contributed by atoms with E-state index < -0.39 is 17.7 Å². The van der Waals surface area contributed by atoms with Crippen molar-refractivity contribution in [3.05, 3.63) is 40.6 Å². The number of halogens is 3. The van der Waals surface area contributed by atoms with Gasteiger partial charge in [-0.3, -0.25) is 0 Å². The van der Waals surface area contributed by atoms with Crippen LogP contribution in [0.3, 0.4) is 0 Å². The maximum Gasteiger partial charge on any atom is 0.416 e. The van der Waals surface area contributed by atoms with Gasteiger partial charge in [0.05, 0.1) is 5.56 Å². The molecule has 0 atom stereocenters. The predicted molar refractivity (Wildman–Crippen MR) is 58.7 cm³/mol. The normalized spacial score (nSPS) is 17.3. The first-order chi connectivity index (χ1) is 8.38. The van der Waals surface area contributed by atoms with Gasteiger partial charge in [0.25, 0.3) is 0 Å². The quantitative estimate of drug-likeness (QED) is 0.571.